The molecule has 3 rings (SSSR count). The first-order valence-electron chi connectivity index (χ1n) is 7.49. The first-order chi connectivity index (χ1) is 12.0. The number of rotatable bonds is 5. The summed E-state index contributed by atoms with van der Waals surface area (Å²) in [6, 6.07) is 7.40. The molecule has 0 spiro atoms. The van der Waals surface area contributed by atoms with E-state index in [1.807, 2.05) is 24.3 Å². The van der Waals surface area contributed by atoms with E-state index in [9.17, 15) is 13.6 Å². The largest absolute Gasteiger partial charge is 0.335 e. The number of imidazole rings is 1. The highest BCUT2D eigenvalue weighted by atomic mass is 19.3. The summed E-state index contributed by atoms with van der Waals surface area (Å²) in [7, 11) is 1.52. The Morgan fingerprint density at radius 1 is 1.28 bits per heavy atom. The van der Waals surface area contributed by atoms with Gasteiger partial charge in [0, 0.05) is 25.5 Å². The van der Waals surface area contributed by atoms with Crippen molar-refractivity contribution in [2.24, 2.45) is 0 Å². The molecule has 2 aromatic heterocycles. The molecular weight excluding hydrogens is 328 g/mol. The Bertz CT molecular complexity index is 922. The molecule has 0 unspecified atom stereocenters. The van der Waals surface area contributed by atoms with Crippen molar-refractivity contribution in [2.45, 2.75) is 13.1 Å². The van der Waals surface area contributed by atoms with Crippen molar-refractivity contribution in [3.63, 3.8) is 0 Å². The van der Waals surface area contributed by atoms with Gasteiger partial charge in [-0.2, -0.15) is 8.78 Å². The molecule has 0 atom stereocenters. The predicted molar refractivity (Wildman–Crippen MR) is 88.5 cm³/mol. The number of aromatic nitrogens is 4. The topological polar surface area (TPSA) is 63.9 Å². The lowest BCUT2D eigenvalue weighted by atomic mass is 10.3. The van der Waals surface area contributed by atoms with Crippen LogP contribution in [0.2, 0.25) is 0 Å². The van der Waals surface area contributed by atoms with Crippen molar-refractivity contribution < 1.29 is 13.6 Å². The van der Waals surface area contributed by atoms with E-state index in [-0.39, 0.29) is 18.3 Å². The highest BCUT2D eigenvalue weighted by Crippen LogP contribution is 2.14. The molecule has 0 saturated heterocycles. The Balaban J connectivity index is 1.69. The minimum atomic E-state index is -2.69. The molecule has 0 saturated carbocycles. The number of nitrogens with zero attached hydrogens (tertiary/aromatic N) is 5. The number of carbonyl (C=O) groups is 1. The number of fused-ring (bicyclic) bond motifs is 1. The number of hydrogen-bond donors (Lipinski definition) is 0. The second-order valence-electron chi connectivity index (χ2n) is 5.34. The van der Waals surface area contributed by atoms with Gasteiger partial charge >= 0.3 is 6.55 Å². The molecule has 1 amide bonds. The van der Waals surface area contributed by atoms with Gasteiger partial charge in [-0.15, -0.1) is 0 Å². The predicted octanol–water partition coefficient (Wildman–Crippen LogP) is 2.89. The van der Waals surface area contributed by atoms with E-state index in [0.717, 1.165) is 15.6 Å². The summed E-state index contributed by atoms with van der Waals surface area (Å²) in [5, 5.41) is 0. The normalized spacial score (nSPS) is 11.5. The average Bonchev–Trinajstić information content (AvgIpc) is 3.07. The second kappa shape index (κ2) is 7.16. The number of carbonyl (C=O) groups excluding carboxylic acids is 1. The third kappa shape index (κ3) is 3.85. The van der Waals surface area contributed by atoms with Crippen LogP contribution in [0.25, 0.3) is 17.1 Å². The summed E-state index contributed by atoms with van der Waals surface area (Å²) in [6.07, 6.45) is 6.89. The summed E-state index contributed by atoms with van der Waals surface area (Å²) >= 11 is 0. The van der Waals surface area contributed by atoms with Crippen molar-refractivity contribution in [3.8, 4) is 0 Å². The lowest BCUT2D eigenvalue weighted by molar-refractivity contribution is -0.125. The quantitative estimate of drug-likeness (QED) is 0.668. The fourth-order valence-corrected chi connectivity index (χ4v) is 2.27. The molecule has 8 heteroatoms. The Kier molecular flexibility index (Phi) is 4.78. The van der Waals surface area contributed by atoms with Crippen LogP contribution in [0.3, 0.4) is 0 Å². The number of para-hydroxylation sites is 2. The van der Waals surface area contributed by atoms with Crippen molar-refractivity contribution in [3.05, 3.63) is 60.5 Å². The van der Waals surface area contributed by atoms with Crippen LogP contribution in [0.5, 0.6) is 0 Å². The Labute approximate surface area is 142 Å². The zero-order valence-electron chi connectivity index (χ0n) is 13.4. The van der Waals surface area contributed by atoms with Gasteiger partial charge in [-0.1, -0.05) is 12.1 Å². The maximum atomic E-state index is 12.8. The van der Waals surface area contributed by atoms with E-state index in [1.165, 1.54) is 36.5 Å². The molecule has 0 fully saturated rings. The maximum absolute atomic E-state index is 12.8. The summed E-state index contributed by atoms with van der Waals surface area (Å²) in [6.45, 7) is -2.71. The van der Waals surface area contributed by atoms with Crippen molar-refractivity contribution >= 4 is 23.0 Å². The van der Waals surface area contributed by atoms with Gasteiger partial charge in [0.2, 0.25) is 5.91 Å². The Morgan fingerprint density at radius 3 is 2.80 bits per heavy atom. The molecular formula is C17H15F2N5O. The molecule has 0 radical (unpaired) electrons. The summed E-state index contributed by atoms with van der Waals surface area (Å²) < 4.78 is 26.3. The van der Waals surface area contributed by atoms with Gasteiger partial charge < -0.3 is 4.90 Å². The van der Waals surface area contributed by atoms with Gasteiger partial charge in [-0.25, -0.2) is 9.97 Å². The first-order valence-corrected chi connectivity index (χ1v) is 7.49. The minimum Gasteiger partial charge on any atom is -0.335 e. The molecule has 25 heavy (non-hydrogen) atoms. The zero-order chi connectivity index (χ0) is 17.8. The van der Waals surface area contributed by atoms with Crippen LogP contribution < -0.4 is 0 Å². The van der Waals surface area contributed by atoms with Crippen LogP contribution in [0.15, 0.2) is 48.9 Å². The number of benzene rings is 1. The maximum Gasteiger partial charge on any atom is 0.319 e. The van der Waals surface area contributed by atoms with E-state index < -0.39 is 6.55 Å². The molecule has 0 N–H and O–H groups in total. The average molecular weight is 343 g/mol. The van der Waals surface area contributed by atoms with Gasteiger partial charge in [0.05, 0.1) is 29.5 Å². The molecule has 2 heterocycles. The molecule has 1 aromatic carbocycles. The highest BCUT2D eigenvalue weighted by Gasteiger charge is 2.14. The van der Waals surface area contributed by atoms with Crippen molar-refractivity contribution in [1.29, 1.82) is 0 Å². The van der Waals surface area contributed by atoms with E-state index >= 15 is 0 Å². The van der Waals surface area contributed by atoms with Crippen LogP contribution in [0, 0.1) is 0 Å². The monoisotopic (exact) mass is 343 g/mol. The number of hydrogen-bond acceptors (Lipinski definition) is 4. The van der Waals surface area contributed by atoms with Crippen LogP contribution in [-0.4, -0.2) is 37.4 Å². The summed E-state index contributed by atoms with van der Waals surface area (Å²) in [5.41, 5.74) is 2.03. The highest BCUT2D eigenvalue weighted by molar-refractivity contribution is 5.91. The Morgan fingerprint density at radius 2 is 2.04 bits per heavy atom. The van der Waals surface area contributed by atoms with Crippen LogP contribution in [0.1, 0.15) is 18.1 Å². The molecule has 0 aliphatic rings. The molecule has 128 valence electrons. The first kappa shape index (κ1) is 16.7. The molecule has 0 bridgehead atoms. The van der Waals surface area contributed by atoms with Gasteiger partial charge in [-0.3, -0.25) is 14.3 Å². The van der Waals surface area contributed by atoms with E-state index in [2.05, 4.69) is 15.0 Å². The number of halogens is 2. The van der Waals surface area contributed by atoms with Gasteiger partial charge in [-0.05, 0) is 18.2 Å². The molecule has 0 aliphatic carbocycles. The van der Waals surface area contributed by atoms with E-state index in [4.69, 9.17) is 0 Å². The van der Waals surface area contributed by atoms with Gasteiger partial charge in [0.25, 0.3) is 0 Å². The fourth-order valence-electron chi connectivity index (χ4n) is 2.27. The fraction of sp³-hybridized carbons (Fsp3) is 0.176. The number of likely N-dealkylation sites (N-methyl/N-ethyl adjacent to an activating group) is 1. The SMILES string of the molecule is CN(Cc1nccn1C(F)F)C(=O)/C=C/c1cnc2ccccc2n1. The van der Waals surface area contributed by atoms with Crippen LogP contribution in [-0.2, 0) is 11.3 Å². The van der Waals surface area contributed by atoms with Gasteiger partial charge in [0.15, 0.2) is 0 Å². The zero-order valence-corrected chi connectivity index (χ0v) is 13.4. The van der Waals surface area contributed by atoms with Gasteiger partial charge in [0.1, 0.15) is 5.82 Å². The lowest BCUT2D eigenvalue weighted by Gasteiger charge is -2.15. The minimum absolute atomic E-state index is 0.0239. The summed E-state index contributed by atoms with van der Waals surface area (Å²) in [4.78, 5) is 26.0. The lowest BCUT2D eigenvalue weighted by Crippen LogP contribution is -2.26. The van der Waals surface area contributed by atoms with E-state index in [1.54, 1.807) is 6.20 Å². The van der Waals surface area contributed by atoms with E-state index in [0.29, 0.717) is 5.69 Å². The standard InChI is InChI=1S/C17H15F2N5O/c1-23(11-15-20-8-9-24(15)17(18)19)16(25)7-6-12-10-21-13-4-2-3-5-14(13)22-12/h2-10,17H,11H2,1H3/b7-6+. The van der Waals surface area contributed by atoms with Crippen molar-refractivity contribution in [2.75, 3.05) is 7.05 Å². The smallest absolute Gasteiger partial charge is 0.319 e. The number of amides is 1. The van der Waals surface area contributed by atoms with Crippen molar-refractivity contribution in [1.82, 2.24) is 24.4 Å². The van der Waals surface area contributed by atoms with Crippen LogP contribution >= 0.6 is 0 Å². The third-order valence-corrected chi connectivity index (χ3v) is 3.58. The summed E-state index contributed by atoms with van der Waals surface area (Å²) in [5.74, 6) is -0.233. The third-order valence-electron chi connectivity index (χ3n) is 3.58. The molecule has 3 aromatic rings. The Hall–Kier alpha value is -3.16. The van der Waals surface area contributed by atoms with Crippen LogP contribution in [0.4, 0.5) is 8.78 Å². The number of alkyl halides is 2. The second-order valence-corrected chi connectivity index (χ2v) is 5.34. The molecule has 6 nitrogen and oxygen atoms in total. The molecule has 0 aliphatic heterocycles.